The Kier molecular flexibility index (Phi) is 4.34. The summed E-state index contributed by atoms with van der Waals surface area (Å²) < 4.78 is 1.52. The highest BCUT2D eigenvalue weighted by Gasteiger charge is 2.06. The van der Waals surface area contributed by atoms with Crippen LogP contribution < -0.4 is 10.9 Å². The summed E-state index contributed by atoms with van der Waals surface area (Å²) in [7, 11) is 1.72. The van der Waals surface area contributed by atoms with Crippen LogP contribution in [0, 0.1) is 0 Å². The van der Waals surface area contributed by atoms with E-state index in [1.165, 1.54) is 10.1 Å². The van der Waals surface area contributed by atoms with Gasteiger partial charge in [0.05, 0.1) is 0 Å². The summed E-state index contributed by atoms with van der Waals surface area (Å²) in [5.74, 6) is 0.881. The van der Waals surface area contributed by atoms with Gasteiger partial charge in [-0.1, -0.05) is 37.3 Å². The fourth-order valence-corrected chi connectivity index (χ4v) is 1.97. The highest BCUT2D eigenvalue weighted by atomic mass is 16.1. The van der Waals surface area contributed by atoms with Crippen LogP contribution in [0.3, 0.4) is 0 Å². The Morgan fingerprint density at radius 3 is 2.79 bits per heavy atom. The monoisotopic (exact) mass is 257 g/mol. The Labute approximate surface area is 113 Å². The number of hydrogen-bond acceptors (Lipinski definition) is 3. The molecule has 2 aromatic rings. The van der Waals surface area contributed by atoms with E-state index in [0.717, 1.165) is 13.0 Å². The molecule has 0 amide bonds. The van der Waals surface area contributed by atoms with Gasteiger partial charge in [-0.05, 0) is 17.9 Å². The average Bonchev–Trinajstić information content (AvgIpc) is 2.44. The van der Waals surface area contributed by atoms with Gasteiger partial charge in [-0.15, -0.1) is 0 Å². The van der Waals surface area contributed by atoms with E-state index in [2.05, 4.69) is 29.4 Å². The molecule has 1 N–H and O–H groups in total. The van der Waals surface area contributed by atoms with Gasteiger partial charge >= 0.3 is 0 Å². The van der Waals surface area contributed by atoms with Crippen molar-refractivity contribution in [1.82, 2.24) is 9.55 Å². The van der Waals surface area contributed by atoms with Crippen LogP contribution in [0.15, 0.2) is 47.5 Å². The minimum absolute atomic E-state index is 0.0881. The van der Waals surface area contributed by atoms with Crippen LogP contribution >= 0.6 is 0 Å². The highest BCUT2D eigenvalue weighted by Crippen LogP contribution is 2.17. The molecule has 1 aromatic heterocycles. The first-order valence-electron chi connectivity index (χ1n) is 6.49. The van der Waals surface area contributed by atoms with E-state index in [0.29, 0.717) is 11.7 Å². The van der Waals surface area contributed by atoms with E-state index in [-0.39, 0.29) is 5.56 Å². The van der Waals surface area contributed by atoms with Crippen LogP contribution in [-0.4, -0.2) is 16.1 Å². The summed E-state index contributed by atoms with van der Waals surface area (Å²) in [6, 6.07) is 10.4. The maximum absolute atomic E-state index is 11.8. The van der Waals surface area contributed by atoms with Crippen molar-refractivity contribution in [2.45, 2.75) is 19.3 Å². The maximum Gasteiger partial charge on any atom is 0.293 e. The van der Waals surface area contributed by atoms with Crippen molar-refractivity contribution in [3.8, 4) is 0 Å². The van der Waals surface area contributed by atoms with E-state index < -0.39 is 0 Å². The number of aryl methyl sites for hydroxylation is 1. The lowest BCUT2D eigenvalue weighted by atomic mass is 9.98. The lowest BCUT2D eigenvalue weighted by Gasteiger charge is -2.12. The topological polar surface area (TPSA) is 46.9 Å². The summed E-state index contributed by atoms with van der Waals surface area (Å²) in [4.78, 5) is 15.8. The predicted octanol–water partition coefficient (Wildman–Crippen LogP) is 2.39. The van der Waals surface area contributed by atoms with Crippen molar-refractivity contribution >= 4 is 5.82 Å². The number of hydrogen-bond donors (Lipinski definition) is 1. The summed E-state index contributed by atoms with van der Waals surface area (Å²) in [5.41, 5.74) is 1.23. The summed E-state index contributed by atoms with van der Waals surface area (Å²) in [6.45, 7) is 2.93. The van der Waals surface area contributed by atoms with E-state index >= 15 is 0 Å². The molecule has 4 heteroatoms. The number of nitrogens with zero attached hydrogens (tertiary/aromatic N) is 2. The van der Waals surface area contributed by atoms with E-state index in [1.54, 1.807) is 19.4 Å². The van der Waals surface area contributed by atoms with E-state index in [9.17, 15) is 4.79 Å². The molecule has 0 bridgehead atoms. The molecule has 1 heterocycles. The molecule has 4 nitrogen and oxygen atoms in total. The zero-order valence-corrected chi connectivity index (χ0v) is 11.3. The average molecular weight is 257 g/mol. The van der Waals surface area contributed by atoms with E-state index in [1.807, 2.05) is 18.2 Å². The molecule has 1 unspecified atom stereocenters. The van der Waals surface area contributed by atoms with Crippen molar-refractivity contribution in [3.05, 3.63) is 58.6 Å². The molecular weight excluding hydrogens is 238 g/mol. The van der Waals surface area contributed by atoms with Crippen molar-refractivity contribution in [3.63, 3.8) is 0 Å². The van der Waals surface area contributed by atoms with Gasteiger partial charge < -0.3 is 9.88 Å². The third-order valence-corrected chi connectivity index (χ3v) is 3.26. The highest BCUT2D eigenvalue weighted by molar-refractivity contribution is 5.30. The maximum atomic E-state index is 11.8. The summed E-state index contributed by atoms with van der Waals surface area (Å²) >= 11 is 0. The molecule has 19 heavy (non-hydrogen) atoms. The van der Waals surface area contributed by atoms with Crippen molar-refractivity contribution < 1.29 is 0 Å². The molecule has 1 atom stereocenters. The smallest absolute Gasteiger partial charge is 0.293 e. The summed E-state index contributed by atoms with van der Waals surface area (Å²) in [6.07, 6.45) is 4.24. The first-order valence-corrected chi connectivity index (χ1v) is 6.49. The minimum atomic E-state index is -0.0881. The Bertz CT molecular complexity index is 577. The second kappa shape index (κ2) is 6.18. The van der Waals surface area contributed by atoms with Gasteiger partial charge in [-0.2, -0.15) is 0 Å². The molecule has 0 fully saturated rings. The van der Waals surface area contributed by atoms with Crippen LogP contribution in [0.2, 0.25) is 0 Å². The standard InChI is InChI=1S/C15H19N3O/c1-12(13-6-4-3-5-7-13)8-9-16-14-15(19)18(2)11-10-17-14/h3-7,10-12H,8-9H2,1-2H3,(H,16,17). The molecule has 0 radical (unpaired) electrons. The Balaban J connectivity index is 1.90. The Morgan fingerprint density at radius 1 is 1.32 bits per heavy atom. The second-order valence-corrected chi connectivity index (χ2v) is 4.72. The molecular formula is C15H19N3O. The van der Waals surface area contributed by atoms with Crippen LogP contribution in [0.1, 0.15) is 24.8 Å². The number of anilines is 1. The number of benzene rings is 1. The largest absolute Gasteiger partial charge is 0.365 e. The zero-order chi connectivity index (χ0) is 13.7. The van der Waals surface area contributed by atoms with Crippen LogP contribution in [0.5, 0.6) is 0 Å². The van der Waals surface area contributed by atoms with Crippen molar-refractivity contribution in [1.29, 1.82) is 0 Å². The molecule has 0 saturated heterocycles. The molecule has 0 aliphatic heterocycles. The zero-order valence-electron chi connectivity index (χ0n) is 11.3. The molecule has 2 rings (SSSR count). The quantitative estimate of drug-likeness (QED) is 0.894. The van der Waals surface area contributed by atoms with Crippen molar-refractivity contribution in [2.24, 2.45) is 7.05 Å². The van der Waals surface area contributed by atoms with Gasteiger partial charge in [0.15, 0.2) is 5.82 Å². The molecule has 100 valence electrons. The normalized spacial score (nSPS) is 12.1. The number of aromatic nitrogens is 2. The second-order valence-electron chi connectivity index (χ2n) is 4.72. The van der Waals surface area contributed by atoms with Crippen LogP contribution in [-0.2, 0) is 7.05 Å². The van der Waals surface area contributed by atoms with Crippen molar-refractivity contribution in [2.75, 3.05) is 11.9 Å². The lowest BCUT2D eigenvalue weighted by molar-refractivity contribution is 0.702. The van der Waals surface area contributed by atoms with Gasteiger partial charge in [-0.3, -0.25) is 4.79 Å². The van der Waals surface area contributed by atoms with Gasteiger partial charge in [0.25, 0.3) is 5.56 Å². The van der Waals surface area contributed by atoms with Crippen LogP contribution in [0.25, 0.3) is 0 Å². The third-order valence-electron chi connectivity index (χ3n) is 3.26. The Morgan fingerprint density at radius 2 is 2.05 bits per heavy atom. The first-order chi connectivity index (χ1) is 9.18. The van der Waals surface area contributed by atoms with Gasteiger partial charge in [0.1, 0.15) is 0 Å². The lowest BCUT2D eigenvalue weighted by Crippen LogP contribution is -2.22. The fraction of sp³-hybridized carbons (Fsp3) is 0.333. The summed E-state index contributed by atoms with van der Waals surface area (Å²) in [5, 5.41) is 3.11. The third kappa shape index (κ3) is 3.44. The Hall–Kier alpha value is -2.10. The fourth-order valence-electron chi connectivity index (χ4n) is 1.97. The van der Waals surface area contributed by atoms with Gasteiger partial charge in [-0.25, -0.2) is 4.98 Å². The molecule has 0 saturated carbocycles. The number of nitrogens with one attached hydrogen (secondary N) is 1. The van der Waals surface area contributed by atoms with Crippen LogP contribution in [0.4, 0.5) is 5.82 Å². The van der Waals surface area contributed by atoms with E-state index in [4.69, 9.17) is 0 Å². The SMILES string of the molecule is CC(CCNc1nccn(C)c1=O)c1ccccc1. The minimum Gasteiger partial charge on any atom is -0.365 e. The molecule has 0 spiro atoms. The predicted molar refractivity (Wildman–Crippen MR) is 77.4 cm³/mol. The first kappa shape index (κ1) is 13.3. The van der Waals surface area contributed by atoms with Gasteiger partial charge in [0.2, 0.25) is 0 Å². The molecule has 1 aromatic carbocycles. The number of rotatable bonds is 5. The van der Waals surface area contributed by atoms with Gasteiger partial charge in [0, 0.05) is 26.0 Å². The molecule has 0 aliphatic rings. The molecule has 0 aliphatic carbocycles.